The van der Waals surface area contributed by atoms with Gasteiger partial charge in [0.15, 0.2) is 17.6 Å². The molecule has 0 heterocycles. The Labute approximate surface area is 157 Å². The quantitative estimate of drug-likeness (QED) is 0.560. The van der Waals surface area contributed by atoms with Gasteiger partial charge in [-0.05, 0) is 18.1 Å². The standard InChI is InChI=1S/C16H20ClNO6.ClH/c1-21-9-7-8-11(15(23-3)14(9)22-2)13(20)16(12(8)18)24-10(19)5-4-6-17;/h7,12,16H,4-6,18H2,1-3H3;1H/t12-,16-;/m0./s1. The van der Waals surface area contributed by atoms with Crippen molar-refractivity contribution in [2.75, 3.05) is 27.2 Å². The molecular weight excluding hydrogens is 373 g/mol. The van der Waals surface area contributed by atoms with Crippen LogP contribution < -0.4 is 19.9 Å². The van der Waals surface area contributed by atoms with Gasteiger partial charge in [0.25, 0.3) is 0 Å². The smallest absolute Gasteiger partial charge is 0.306 e. The number of ether oxygens (including phenoxy) is 4. The number of benzene rings is 1. The number of carbonyl (C=O) groups excluding carboxylic acids is 2. The molecule has 1 aromatic carbocycles. The van der Waals surface area contributed by atoms with Gasteiger partial charge in [0.2, 0.25) is 11.5 Å². The van der Waals surface area contributed by atoms with Gasteiger partial charge in [-0.2, -0.15) is 0 Å². The van der Waals surface area contributed by atoms with Crippen LogP contribution >= 0.6 is 24.0 Å². The molecule has 2 atom stereocenters. The second kappa shape index (κ2) is 9.12. The van der Waals surface area contributed by atoms with Crippen LogP contribution in [-0.4, -0.2) is 45.1 Å². The Bertz CT molecular complexity index is 652. The van der Waals surface area contributed by atoms with Crippen LogP contribution in [0.2, 0.25) is 0 Å². The fourth-order valence-electron chi connectivity index (χ4n) is 2.70. The minimum absolute atomic E-state index is 0. The van der Waals surface area contributed by atoms with Gasteiger partial charge in [0.1, 0.15) is 0 Å². The average Bonchev–Trinajstić information content (AvgIpc) is 2.82. The molecular formula is C16H21Cl2NO6. The molecule has 7 nitrogen and oxygen atoms in total. The number of halogens is 2. The Morgan fingerprint density at radius 1 is 1.20 bits per heavy atom. The lowest BCUT2D eigenvalue weighted by Gasteiger charge is -2.16. The highest BCUT2D eigenvalue weighted by Gasteiger charge is 2.44. The molecule has 2 N–H and O–H groups in total. The number of nitrogens with two attached hydrogens (primary N) is 1. The van der Waals surface area contributed by atoms with Gasteiger partial charge in [-0.25, -0.2) is 0 Å². The number of ketones is 1. The molecule has 1 aliphatic carbocycles. The first-order valence-electron chi connectivity index (χ1n) is 7.38. The Balaban J connectivity index is 0.00000312. The largest absolute Gasteiger partial charge is 0.493 e. The third-order valence-corrected chi connectivity index (χ3v) is 4.09. The summed E-state index contributed by atoms with van der Waals surface area (Å²) in [6, 6.07) is 0.799. The summed E-state index contributed by atoms with van der Waals surface area (Å²) in [5.41, 5.74) is 6.86. The Kier molecular flexibility index (Phi) is 7.79. The highest BCUT2D eigenvalue weighted by atomic mass is 35.5. The van der Waals surface area contributed by atoms with E-state index in [0.717, 1.165) is 0 Å². The fraction of sp³-hybridized carbons (Fsp3) is 0.500. The van der Waals surface area contributed by atoms with Crippen molar-refractivity contribution in [1.29, 1.82) is 0 Å². The lowest BCUT2D eigenvalue weighted by atomic mass is 10.1. The summed E-state index contributed by atoms with van der Waals surface area (Å²) in [5.74, 6) is 0.276. The van der Waals surface area contributed by atoms with Crippen LogP contribution in [0.1, 0.15) is 34.8 Å². The van der Waals surface area contributed by atoms with Crippen molar-refractivity contribution >= 4 is 35.8 Å². The summed E-state index contributed by atoms with van der Waals surface area (Å²) in [6.07, 6.45) is -0.511. The molecule has 0 fully saturated rings. The van der Waals surface area contributed by atoms with Crippen LogP contribution in [0.15, 0.2) is 6.07 Å². The molecule has 25 heavy (non-hydrogen) atoms. The highest BCUT2D eigenvalue weighted by molar-refractivity contribution is 6.17. The fourth-order valence-corrected chi connectivity index (χ4v) is 2.83. The van der Waals surface area contributed by atoms with Crippen LogP contribution in [0.5, 0.6) is 17.2 Å². The molecule has 9 heteroatoms. The van der Waals surface area contributed by atoms with E-state index < -0.39 is 23.9 Å². The van der Waals surface area contributed by atoms with Crippen molar-refractivity contribution in [3.05, 3.63) is 17.2 Å². The Morgan fingerprint density at radius 2 is 1.84 bits per heavy atom. The summed E-state index contributed by atoms with van der Waals surface area (Å²) in [4.78, 5) is 24.5. The molecule has 0 saturated carbocycles. The molecule has 1 aliphatic rings. The minimum Gasteiger partial charge on any atom is -0.493 e. The van der Waals surface area contributed by atoms with Crippen LogP contribution in [0.25, 0.3) is 0 Å². The van der Waals surface area contributed by atoms with Gasteiger partial charge < -0.3 is 24.7 Å². The number of rotatable bonds is 7. The predicted molar refractivity (Wildman–Crippen MR) is 94.4 cm³/mol. The average molecular weight is 394 g/mol. The van der Waals surface area contributed by atoms with Crippen molar-refractivity contribution in [3.8, 4) is 17.2 Å². The summed E-state index contributed by atoms with van der Waals surface area (Å²) < 4.78 is 21.1. The molecule has 0 saturated heterocycles. The number of fused-ring (bicyclic) bond motifs is 1. The first kappa shape index (κ1) is 21.3. The van der Waals surface area contributed by atoms with Crippen molar-refractivity contribution < 1.29 is 28.5 Å². The molecule has 0 aliphatic heterocycles. The maximum absolute atomic E-state index is 12.7. The second-order valence-electron chi connectivity index (χ2n) is 5.20. The first-order valence-corrected chi connectivity index (χ1v) is 7.91. The van der Waals surface area contributed by atoms with E-state index in [0.29, 0.717) is 23.6 Å². The molecule has 2 rings (SSSR count). The van der Waals surface area contributed by atoms with Gasteiger partial charge in [0, 0.05) is 12.3 Å². The van der Waals surface area contributed by atoms with Crippen LogP contribution in [0.4, 0.5) is 0 Å². The van der Waals surface area contributed by atoms with Gasteiger partial charge in [0.05, 0.1) is 32.9 Å². The topological polar surface area (TPSA) is 97.1 Å². The van der Waals surface area contributed by atoms with E-state index in [4.69, 9.17) is 36.3 Å². The van der Waals surface area contributed by atoms with Crippen LogP contribution in [0.3, 0.4) is 0 Å². The molecule has 0 radical (unpaired) electrons. The van der Waals surface area contributed by atoms with Crippen LogP contribution in [0, 0.1) is 0 Å². The van der Waals surface area contributed by atoms with E-state index in [2.05, 4.69) is 0 Å². The zero-order valence-corrected chi connectivity index (χ0v) is 15.7. The van der Waals surface area contributed by atoms with Crippen molar-refractivity contribution in [2.45, 2.75) is 25.0 Å². The SMILES string of the molecule is COc1cc2c(c(OC)c1OC)C(=O)[C@@H](OC(=O)CCCCl)[C@H]2N.Cl. The van der Waals surface area contributed by atoms with Crippen LogP contribution in [-0.2, 0) is 9.53 Å². The second-order valence-corrected chi connectivity index (χ2v) is 5.58. The molecule has 140 valence electrons. The van der Waals surface area contributed by atoms with E-state index >= 15 is 0 Å². The predicted octanol–water partition coefficient (Wildman–Crippen LogP) is 2.26. The van der Waals surface area contributed by atoms with Crippen molar-refractivity contribution in [2.24, 2.45) is 5.73 Å². The lowest BCUT2D eigenvalue weighted by Crippen LogP contribution is -2.31. The Hall–Kier alpha value is -1.70. The monoisotopic (exact) mass is 393 g/mol. The first-order chi connectivity index (χ1) is 11.5. The number of methoxy groups -OCH3 is 3. The number of esters is 1. The highest BCUT2D eigenvalue weighted by Crippen LogP contribution is 2.47. The summed E-state index contributed by atoms with van der Waals surface area (Å²) in [5, 5.41) is 0. The molecule has 0 spiro atoms. The summed E-state index contributed by atoms with van der Waals surface area (Å²) in [7, 11) is 4.32. The molecule has 0 bridgehead atoms. The van der Waals surface area contributed by atoms with E-state index in [1.807, 2.05) is 0 Å². The lowest BCUT2D eigenvalue weighted by molar-refractivity contribution is -0.147. The van der Waals surface area contributed by atoms with Gasteiger partial charge >= 0.3 is 5.97 Å². The zero-order valence-electron chi connectivity index (χ0n) is 14.2. The molecule has 0 aromatic heterocycles. The number of carbonyl (C=O) groups is 2. The minimum atomic E-state index is -1.10. The van der Waals surface area contributed by atoms with Crippen molar-refractivity contribution in [1.82, 2.24) is 0 Å². The molecule has 0 amide bonds. The van der Waals surface area contributed by atoms with E-state index in [1.54, 1.807) is 6.07 Å². The van der Waals surface area contributed by atoms with E-state index in [-0.39, 0.29) is 35.9 Å². The third kappa shape index (κ3) is 3.94. The summed E-state index contributed by atoms with van der Waals surface area (Å²) >= 11 is 5.56. The molecule has 0 unspecified atom stereocenters. The normalized spacial score (nSPS) is 18.2. The van der Waals surface area contributed by atoms with Gasteiger partial charge in [-0.3, -0.25) is 9.59 Å². The molecule has 1 aromatic rings. The number of hydrogen-bond acceptors (Lipinski definition) is 7. The number of alkyl halides is 1. The Morgan fingerprint density at radius 3 is 2.36 bits per heavy atom. The van der Waals surface area contributed by atoms with E-state index in [9.17, 15) is 9.59 Å². The zero-order chi connectivity index (χ0) is 17.9. The maximum Gasteiger partial charge on any atom is 0.306 e. The number of hydrogen-bond donors (Lipinski definition) is 1. The number of Topliss-reactive ketones (excluding diaryl/α,β-unsaturated/α-hetero) is 1. The van der Waals surface area contributed by atoms with Gasteiger partial charge in [-0.1, -0.05) is 0 Å². The maximum atomic E-state index is 12.7. The summed E-state index contributed by atoms with van der Waals surface area (Å²) in [6.45, 7) is 0. The van der Waals surface area contributed by atoms with Crippen molar-refractivity contribution in [3.63, 3.8) is 0 Å². The van der Waals surface area contributed by atoms with Gasteiger partial charge in [-0.15, -0.1) is 24.0 Å². The third-order valence-electron chi connectivity index (χ3n) is 3.82. The van der Waals surface area contributed by atoms with E-state index in [1.165, 1.54) is 21.3 Å².